The number of hydrogen-bond acceptors (Lipinski definition) is 6. The first-order valence-electron chi connectivity index (χ1n) is 7.35. The highest BCUT2D eigenvalue weighted by atomic mass is 35.5. The first-order valence-corrected chi connectivity index (χ1v) is 8.71. The van der Waals surface area contributed by atoms with Crippen LogP contribution in [-0.4, -0.2) is 31.5 Å². The summed E-state index contributed by atoms with van der Waals surface area (Å²) >= 11 is 7.25. The number of carbonyl (C=O) groups is 1. The fourth-order valence-corrected chi connectivity index (χ4v) is 2.96. The van der Waals surface area contributed by atoms with Crippen molar-refractivity contribution in [1.29, 1.82) is 0 Å². The number of benzene rings is 1. The lowest BCUT2D eigenvalue weighted by Gasteiger charge is -2.09. The van der Waals surface area contributed by atoms with Crippen LogP contribution in [0.25, 0.3) is 11.4 Å². The van der Waals surface area contributed by atoms with E-state index >= 15 is 0 Å². The van der Waals surface area contributed by atoms with E-state index < -0.39 is 0 Å². The second-order valence-electron chi connectivity index (χ2n) is 5.17. The van der Waals surface area contributed by atoms with E-state index in [0.717, 1.165) is 11.1 Å². The summed E-state index contributed by atoms with van der Waals surface area (Å²) in [5.41, 5.74) is 2.26. The molecule has 0 spiro atoms. The monoisotopic (exact) mass is 374 g/mol. The summed E-state index contributed by atoms with van der Waals surface area (Å²) in [6.45, 7) is 1.85. The maximum atomic E-state index is 12.2. The summed E-state index contributed by atoms with van der Waals surface area (Å²) in [7, 11) is 0. The third-order valence-electron chi connectivity index (χ3n) is 3.46. The van der Waals surface area contributed by atoms with E-state index in [1.165, 1.54) is 16.4 Å². The molecule has 9 heteroatoms. The molecular formula is C16H15ClN6OS. The van der Waals surface area contributed by atoms with E-state index in [2.05, 4.69) is 20.5 Å². The Morgan fingerprint density at radius 2 is 2.16 bits per heavy atom. The standard InChI is InChI=1S/C16H15ClN6OS/c1-10-12(17)5-2-6-13(10)20-14(24)9-25-16-22-21-15(23(16)18)11-4-3-7-19-8-11/h2-8H,9,18H2,1H3,(H,20,24). The summed E-state index contributed by atoms with van der Waals surface area (Å²) in [5, 5.41) is 11.9. The van der Waals surface area contributed by atoms with E-state index in [-0.39, 0.29) is 11.7 Å². The number of nitrogens with zero attached hydrogens (tertiary/aromatic N) is 4. The Hall–Kier alpha value is -2.58. The maximum Gasteiger partial charge on any atom is 0.234 e. The molecule has 1 amide bonds. The molecule has 0 aliphatic rings. The van der Waals surface area contributed by atoms with Crippen molar-refractivity contribution < 1.29 is 4.79 Å². The molecular weight excluding hydrogens is 360 g/mol. The van der Waals surface area contributed by atoms with Crippen molar-refractivity contribution in [1.82, 2.24) is 19.9 Å². The van der Waals surface area contributed by atoms with Crippen LogP contribution >= 0.6 is 23.4 Å². The number of aromatic nitrogens is 4. The predicted octanol–water partition coefficient (Wildman–Crippen LogP) is 2.75. The van der Waals surface area contributed by atoms with Crippen molar-refractivity contribution in [2.45, 2.75) is 12.1 Å². The largest absolute Gasteiger partial charge is 0.335 e. The van der Waals surface area contributed by atoms with Gasteiger partial charge in [-0.05, 0) is 36.8 Å². The van der Waals surface area contributed by atoms with Crippen LogP contribution in [0.3, 0.4) is 0 Å². The number of rotatable bonds is 5. The molecule has 3 aromatic rings. The molecule has 0 fully saturated rings. The first-order chi connectivity index (χ1) is 12.1. The fourth-order valence-electron chi connectivity index (χ4n) is 2.13. The number of thioether (sulfide) groups is 1. The molecule has 0 radical (unpaired) electrons. The van der Waals surface area contributed by atoms with Crippen LogP contribution in [0.1, 0.15) is 5.56 Å². The lowest BCUT2D eigenvalue weighted by molar-refractivity contribution is -0.113. The minimum atomic E-state index is -0.179. The van der Waals surface area contributed by atoms with Crippen molar-refractivity contribution in [3.8, 4) is 11.4 Å². The maximum absolute atomic E-state index is 12.2. The van der Waals surface area contributed by atoms with Crippen LogP contribution in [0.4, 0.5) is 5.69 Å². The van der Waals surface area contributed by atoms with Crippen molar-refractivity contribution in [2.75, 3.05) is 16.9 Å². The number of halogens is 1. The number of anilines is 1. The Morgan fingerprint density at radius 3 is 2.92 bits per heavy atom. The minimum Gasteiger partial charge on any atom is -0.335 e. The molecule has 3 rings (SSSR count). The zero-order chi connectivity index (χ0) is 17.8. The molecule has 7 nitrogen and oxygen atoms in total. The molecule has 128 valence electrons. The van der Waals surface area contributed by atoms with Gasteiger partial charge >= 0.3 is 0 Å². The second kappa shape index (κ2) is 7.54. The summed E-state index contributed by atoms with van der Waals surface area (Å²) < 4.78 is 1.35. The van der Waals surface area contributed by atoms with Crippen molar-refractivity contribution in [2.24, 2.45) is 0 Å². The van der Waals surface area contributed by atoms with E-state index in [1.807, 2.05) is 13.0 Å². The van der Waals surface area contributed by atoms with Crippen molar-refractivity contribution in [3.63, 3.8) is 0 Å². The summed E-state index contributed by atoms with van der Waals surface area (Å²) in [5.74, 6) is 6.47. The Balaban J connectivity index is 1.65. The Bertz CT molecular complexity index is 899. The van der Waals surface area contributed by atoms with E-state index in [1.54, 1.807) is 36.7 Å². The lowest BCUT2D eigenvalue weighted by atomic mass is 10.2. The van der Waals surface area contributed by atoms with E-state index in [4.69, 9.17) is 17.4 Å². The number of nitrogens with one attached hydrogen (secondary N) is 1. The van der Waals surface area contributed by atoms with Gasteiger partial charge in [0.25, 0.3) is 0 Å². The summed E-state index contributed by atoms with van der Waals surface area (Å²) in [6.07, 6.45) is 3.31. The van der Waals surface area contributed by atoms with Crippen LogP contribution in [0.2, 0.25) is 5.02 Å². The van der Waals surface area contributed by atoms with Gasteiger partial charge in [0, 0.05) is 28.7 Å². The first kappa shape index (κ1) is 17.2. The van der Waals surface area contributed by atoms with Gasteiger partial charge in [-0.1, -0.05) is 29.4 Å². The number of nitrogens with two attached hydrogens (primary N) is 1. The third kappa shape index (κ3) is 3.92. The zero-order valence-electron chi connectivity index (χ0n) is 13.3. The van der Waals surface area contributed by atoms with Crippen LogP contribution in [0.5, 0.6) is 0 Å². The molecule has 0 unspecified atom stereocenters. The van der Waals surface area contributed by atoms with Crippen molar-refractivity contribution in [3.05, 3.63) is 53.3 Å². The van der Waals surface area contributed by atoms with Gasteiger partial charge in [-0.2, -0.15) is 0 Å². The molecule has 0 atom stereocenters. The molecule has 2 heterocycles. The number of amides is 1. The highest BCUT2D eigenvalue weighted by molar-refractivity contribution is 7.99. The normalized spacial score (nSPS) is 10.6. The zero-order valence-corrected chi connectivity index (χ0v) is 14.9. The molecule has 0 aliphatic heterocycles. The van der Waals surface area contributed by atoms with Gasteiger partial charge in [0.2, 0.25) is 11.1 Å². The van der Waals surface area contributed by atoms with Gasteiger partial charge in [-0.25, -0.2) is 4.68 Å². The summed E-state index contributed by atoms with van der Waals surface area (Å²) in [6, 6.07) is 8.99. The average Bonchev–Trinajstić information content (AvgIpc) is 2.99. The molecule has 3 N–H and O–H groups in total. The number of carbonyl (C=O) groups excluding carboxylic acids is 1. The Labute approximate surface area is 153 Å². The fraction of sp³-hybridized carbons (Fsp3) is 0.125. The van der Waals surface area contributed by atoms with Gasteiger partial charge < -0.3 is 11.2 Å². The van der Waals surface area contributed by atoms with Gasteiger partial charge in [-0.15, -0.1) is 10.2 Å². The van der Waals surface area contributed by atoms with Gasteiger partial charge in [0.1, 0.15) is 0 Å². The molecule has 0 saturated carbocycles. The van der Waals surface area contributed by atoms with Crippen LogP contribution in [-0.2, 0) is 4.79 Å². The topological polar surface area (TPSA) is 98.7 Å². The third-order valence-corrected chi connectivity index (χ3v) is 4.81. The van der Waals surface area contributed by atoms with Crippen LogP contribution in [0.15, 0.2) is 47.9 Å². The molecule has 0 aliphatic carbocycles. The Morgan fingerprint density at radius 1 is 1.32 bits per heavy atom. The molecule has 1 aromatic carbocycles. The van der Waals surface area contributed by atoms with Gasteiger partial charge in [0.15, 0.2) is 5.82 Å². The summed E-state index contributed by atoms with van der Waals surface area (Å²) in [4.78, 5) is 16.2. The Kier molecular flexibility index (Phi) is 5.20. The van der Waals surface area contributed by atoms with Crippen LogP contribution < -0.4 is 11.2 Å². The van der Waals surface area contributed by atoms with E-state index in [0.29, 0.717) is 21.7 Å². The predicted molar refractivity (Wildman–Crippen MR) is 98.9 cm³/mol. The van der Waals surface area contributed by atoms with Crippen molar-refractivity contribution >= 4 is 35.0 Å². The number of nitrogen functional groups attached to an aromatic ring is 1. The highest BCUT2D eigenvalue weighted by Gasteiger charge is 2.14. The average molecular weight is 375 g/mol. The van der Waals surface area contributed by atoms with Crippen LogP contribution in [0, 0.1) is 6.92 Å². The smallest absolute Gasteiger partial charge is 0.234 e. The molecule has 25 heavy (non-hydrogen) atoms. The van der Waals surface area contributed by atoms with Gasteiger partial charge in [-0.3, -0.25) is 9.78 Å². The second-order valence-corrected chi connectivity index (χ2v) is 6.52. The lowest BCUT2D eigenvalue weighted by Crippen LogP contribution is -2.17. The quantitative estimate of drug-likeness (QED) is 0.526. The minimum absolute atomic E-state index is 0.147. The molecule has 0 bridgehead atoms. The number of pyridine rings is 1. The molecule has 0 saturated heterocycles. The highest BCUT2D eigenvalue weighted by Crippen LogP contribution is 2.24. The number of hydrogen-bond donors (Lipinski definition) is 2. The SMILES string of the molecule is Cc1c(Cl)cccc1NC(=O)CSc1nnc(-c2cccnc2)n1N. The van der Waals surface area contributed by atoms with Gasteiger partial charge in [0.05, 0.1) is 5.75 Å². The van der Waals surface area contributed by atoms with E-state index in [9.17, 15) is 4.79 Å². The molecule has 2 aromatic heterocycles.